The molecule has 8 nitrogen and oxygen atoms in total. The summed E-state index contributed by atoms with van der Waals surface area (Å²) in [7, 11) is -1.80. The molecule has 21 heavy (non-hydrogen) atoms. The predicted molar refractivity (Wildman–Crippen MR) is 76.7 cm³/mol. The highest BCUT2D eigenvalue weighted by atomic mass is 32.2. The summed E-state index contributed by atoms with van der Waals surface area (Å²) in [6.07, 6.45) is 4.46. The van der Waals surface area contributed by atoms with Crippen molar-refractivity contribution < 1.29 is 13.3 Å². The number of benzene rings is 1. The lowest BCUT2D eigenvalue weighted by molar-refractivity contribution is -0.385. The second kappa shape index (κ2) is 5.52. The number of non-ortho nitro benzene ring substituents is 1. The van der Waals surface area contributed by atoms with Crippen LogP contribution in [0.5, 0.6) is 0 Å². The van der Waals surface area contributed by atoms with Crippen molar-refractivity contribution in [1.82, 2.24) is 9.78 Å². The van der Waals surface area contributed by atoms with E-state index in [-0.39, 0.29) is 10.6 Å². The summed E-state index contributed by atoms with van der Waals surface area (Å²) >= 11 is 0. The van der Waals surface area contributed by atoms with E-state index in [1.165, 1.54) is 12.1 Å². The zero-order valence-electron chi connectivity index (χ0n) is 11.5. The number of anilines is 1. The molecule has 1 heterocycles. The first-order valence-corrected chi connectivity index (χ1v) is 7.86. The van der Waals surface area contributed by atoms with Gasteiger partial charge in [0.1, 0.15) is 0 Å². The number of nitro benzene ring substituents is 1. The third-order valence-electron chi connectivity index (χ3n) is 2.82. The zero-order valence-corrected chi connectivity index (χ0v) is 12.3. The fraction of sp³-hybridized carbons (Fsp3) is 0.250. The first kappa shape index (κ1) is 15.0. The monoisotopic (exact) mass is 310 g/mol. The quantitative estimate of drug-likeness (QED) is 0.659. The van der Waals surface area contributed by atoms with Crippen LogP contribution in [-0.2, 0) is 23.4 Å². The van der Waals surface area contributed by atoms with Gasteiger partial charge < -0.3 is 5.32 Å². The molecule has 0 amide bonds. The molecule has 0 radical (unpaired) electrons. The number of aryl methyl sites for hydroxylation is 1. The SMILES string of the molecule is Cn1cc(CNc2ccc([N+](=O)[O-])cc2S(C)(=O)=O)cn1. The molecule has 0 spiro atoms. The number of aromatic nitrogens is 2. The maximum Gasteiger partial charge on any atom is 0.270 e. The van der Waals surface area contributed by atoms with Crippen molar-refractivity contribution in [2.45, 2.75) is 11.4 Å². The molecule has 9 heteroatoms. The van der Waals surface area contributed by atoms with Gasteiger partial charge in [-0.1, -0.05) is 0 Å². The van der Waals surface area contributed by atoms with Crippen molar-refractivity contribution in [2.24, 2.45) is 7.05 Å². The van der Waals surface area contributed by atoms with Gasteiger partial charge in [0.2, 0.25) is 0 Å². The molecule has 0 fully saturated rings. The topological polar surface area (TPSA) is 107 Å². The van der Waals surface area contributed by atoms with E-state index < -0.39 is 14.8 Å². The highest BCUT2D eigenvalue weighted by Crippen LogP contribution is 2.26. The van der Waals surface area contributed by atoms with Gasteiger partial charge in [-0.2, -0.15) is 5.10 Å². The highest BCUT2D eigenvalue weighted by molar-refractivity contribution is 7.90. The van der Waals surface area contributed by atoms with E-state index in [1.54, 1.807) is 24.1 Å². The van der Waals surface area contributed by atoms with Gasteiger partial charge in [0.05, 0.1) is 21.7 Å². The first-order chi connectivity index (χ1) is 9.77. The molecule has 1 N–H and O–H groups in total. The van der Waals surface area contributed by atoms with Crippen LogP contribution in [0.15, 0.2) is 35.5 Å². The molecule has 0 unspecified atom stereocenters. The van der Waals surface area contributed by atoms with Gasteiger partial charge >= 0.3 is 0 Å². The van der Waals surface area contributed by atoms with Gasteiger partial charge in [0.15, 0.2) is 9.84 Å². The van der Waals surface area contributed by atoms with Gasteiger partial charge in [-0.15, -0.1) is 0 Å². The van der Waals surface area contributed by atoms with Gasteiger partial charge in [-0.05, 0) is 6.07 Å². The molecule has 0 saturated carbocycles. The zero-order chi connectivity index (χ0) is 15.6. The average Bonchev–Trinajstić information content (AvgIpc) is 2.81. The summed E-state index contributed by atoms with van der Waals surface area (Å²) in [5.74, 6) is 0. The van der Waals surface area contributed by atoms with Crippen LogP contribution in [0.25, 0.3) is 0 Å². The largest absolute Gasteiger partial charge is 0.380 e. The van der Waals surface area contributed by atoms with Crippen LogP contribution in [0.2, 0.25) is 0 Å². The van der Waals surface area contributed by atoms with Crippen molar-refractivity contribution in [3.8, 4) is 0 Å². The van der Waals surface area contributed by atoms with Gasteiger partial charge in [-0.25, -0.2) is 8.42 Å². The molecule has 0 bridgehead atoms. The predicted octanol–water partition coefficient (Wildman–Crippen LogP) is 1.34. The Morgan fingerprint density at radius 2 is 2.14 bits per heavy atom. The van der Waals surface area contributed by atoms with Crippen LogP contribution >= 0.6 is 0 Å². The molecule has 0 atom stereocenters. The van der Waals surface area contributed by atoms with Gasteiger partial charge in [-0.3, -0.25) is 14.8 Å². The minimum absolute atomic E-state index is 0.0967. The normalized spacial score (nSPS) is 11.3. The van der Waals surface area contributed by atoms with Crippen molar-refractivity contribution in [3.05, 3.63) is 46.3 Å². The van der Waals surface area contributed by atoms with Crippen molar-refractivity contribution in [1.29, 1.82) is 0 Å². The maximum absolute atomic E-state index is 11.8. The summed E-state index contributed by atoms with van der Waals surface area (Å²) in [6.45, 7) is 0.369. The van der Waals surface area contributed by atoms with E-state index in [2.05, 4.69) is 10.4 Å². The third-order valence-corrected chi connectivity index (χ3v) is 3.95. The van der Waals surface area contributed by atoms with Crippen molar-refractivity contribution in [2.75, 3.05) is 11.6 Å². The van der Waals surface area contributed by atoms with Crippen LogP contribution < -0.4 is 5.32 Å². The number of nitrogens with one attached hydrogen (secondary N) is 1. The van der Waals surface area contributed by atoms with Crippen LogP contribution in [0.1, 0.15) is 5.56 Å². The van der Waals surface area contributed by atoms with E-state index in [9.17, 15) is 18.5 Å². The highest BCUT2D eigenvalue weighted by Gasteiger charge is 2.18. The summed E-state index contributed by atoms with van der Waals surface area (Å²) in [5.41, 5.74) is 0.935. The lowest BCUT2D eigenvalue weighted by Crippen LogP contribution is -2.06. The van der Waals surface area contributed by atoms with Crippen LogP contribution in [0.3, 0.4) is 0 Å². The molecule has 2 aromatic rings. The van der Waals surface area contributed by atoms with E-state index in [1.807, 2.05) is 0 Å². The first-order valence-electron chi connectivity index (χ1n) is 5.97. The van der Waals surface area contributed by atoms with Crippen LogP contribution in [0, 0.1) is 10.1 Å². The number of nitro groups is 1. The Morgan fingerprint density at radius 3 is 2.67 bits per heavy atom. The van der Waals surface area contributed by atoms with E-state index >= 15 is 0 Å². The summed E-state index contributed by atoms with van der Waals surface area (Å²) in [5, 5.41) is 17.7. The van der Waals surface area contributed by atoms with E-state index in [0.29, 0.717) is 12.2 Å². The Bertz CT molecular complexity index is 782. The molecule has 0 aliphatic heterocycles. The van der Waals surface area contributed by atoms with E-state index in [0.717, 1.165) is 17.9 Å². The standard InChI is InChI=1S/C12H14N4O4S/c1-15-8-9(7-14-15)6-13-11-4-3-10(16(17)18)5-12(11)21(2,19)20/h3-5,7-8,13H,6H2,1-2H3. The van der Waals surface area contributed by atoms with Gasteiger partial charge in [0.25, 0.3) is 5.69 Å². The number of rotatable bonds is 5. The third kappa shape index (κ3) is 3.57. The Labute approximate surface area is 121 Å². The molecule has 112 valence electrons. The molecule has 0 saturated heterocycles. The fourth-order valence-corrected chi connectivity index (χ4v) is 2.71. The van der Waals surface area contributed by atoms with E-state index in [4.69, 9.17) is 0 Å². The number of hydrogen-bond donors (Lipinski definition) is 1. The second-order valence-electron chi connectivity index (χ2n) is 4.59. The second-order valence-corrected chi connectivity index (χ2v) is 6.57. The molecule has 2 rings (SSSR count). The Balaban J connectivity index is 2.32. The molecule has 0 aliphatic rings. The summed E-state index contributed by atoms with van der Waals surface area (Å²) in [6, 6.07) is 3.71. The lowest BCUT2D eigenvalue weighted by Gasteiger charge is -2.10. The van der Waals surface area contributed by atoms with Crippen LogP contribution in [0.4, 0.5) is 11.4 Å². The van der Waals surface area contributed by atoms with Crippen molar-refractivity contribution >= 4 is 21.2 Å². The molecular weight excluding hydrogens is 296 g/mol. The molecule has 1 aromatic carbocycles. The number of sulfone groups is 1. The Kier molecular flexibility index (Phi) is 3.94. The molecule has 0 aliphatic carbocycles. The maximum atomic E-state index is 11.8. The minimum Gasteiger partial charge on any atom is -0.380 e. The fourth-order valence-electron chi connectivity index (χ4n) is 1.84. The Hall–Kier alpha value is -2.42. The molecular formula is C12H14N4O4S. The number of nitrogens with zero attached hydrogens (tertiary/aromatic N) is 3. The van der Waals surface area contributed by atoms with Crippen molar-refractivity contribution in [3.63, 3.8) is 0 Å². The van der Waals surface area contributed by atoms with Gasteiger partial charge in [0, 0.05) is 43.7 Å². The average molecular weight is 310 g/mol. The summed E-state index contributed by atoms with van der Waals surface area (Å²) < 4.78 is 25.2. The minimum atomic E-state index is -3.58. The number of hydrogen-bond acceptors (Lipinski definition) is 6. The summed E-state index contributed by atoms with van der Waals surface area (Å²) in [4.78, 5) is 10.0. The lowest BCUT2D eigenvalue weighted by atomic mass is 10.2. The molecule has 1 aromatic heterocycles. The smallest absolute Gasteiger partial charge is 0.270 e. The Morgan fingerprint density at radius 1 is 1.43 bits per heavy atom. The van der Waals surface area contributed by atoms with Crippen LogP contribution in [-0.4, -0.2) is 29.4 Å².